The first-order chi connectivity index (χ1) is 7.98. The van der Waals surface area contributed by atoms with Gasteiger partial charge in [-0.1, -0.05) is 19.3 Å². The number of nitrogens with one attached hydrogen (secondary N) is 1. The standard InChI is InChI=1S/C11H19NO4S/c13-10-7-17(15,16)6-9(10)12-11(14)8-4-2-1-3-5-8/h8-10,13H,1-7H2,(H,12,14)/t9-,10+/m0/s1. The van der Waals surface area contributed by atoms with Crippen molar-refractivity contribution >= 4 is 15.7 Å². The minimum Gasteiger partial charge on any atom is -0.390 e. The molecule has 2 rings (SSSR count). The second kappa shape index (κ2) is 4.94. The van der Waals surface area contributed by atoms with E-state index in [2.05, 4.69) is 5.32 Å². The third-order valence-electron chi connectivity index (χ3n) is 3.63. The smallest absolute Gasteiger partial charge is 0.223 e. The third kappa shape index (κ3) is 3.19. The Morgan fingerprint density at radius 3 is 2.29 bits per heavy atom. The van der Waals surface area contributed by atoms with Crippen LogP contribution in [0.5, 0.6) is 0 Å². The molecule has 1 saturated carbocycles. The Morgan fingerprint density at radius 2 is 1.76 bits per heavy atom. The summed E-state index contributed by atoms with van der Waals surface area (Å²) in [6, 6.07) is -0.616. The maximum Gasteiger partial charge on any atom is 0.223 e. The molecule has 0 spiro atoms. The number of rotatable bonds is 2. The highest BCUT2D eigenvalue weighted by Crippen LogP contribution is 2.24. The van der Waals surface area contributed by atoms with Gasteiger partial charge in [-0.2, -0.15) is 0 Å². The minimum absolute atomic E-state index is 0.000691. The molecule has 2 N–H and O–H groups in total. The third-order valence-corrected chi connectivity index (χ3v) is 5.34. The fourth-order valence-corrected chi connectivity index (χ4v) is 4.37. The molecule has 1 heterocycles. The molecule has 0 aromatic heterocycles. The number of carbonyl (C=O) groups is 1. The number of hydrogen-bond acceptors (Lipinski definition) is 4. The van der Waals surface area contributed by atoms with Crippen molar-refractivity contribution in [2.75, 3.05) is 11.5 Å². The van der Waals surface area contributed by atoms with E-state index in [9.17, 15) is 18.3 Å². The topological polar surface area (TPSA) is 83.5 Å². The van der Waals surface area contributed by atoms with Crippen LogP contribution in [0.4, 0.5) is 0 Å². The van der Waals surface area contributed by atoms with Crippen molar-refractivity contribution < 1.29 is 18.3 Å². The van der Waals surface area contributed by atoms with Gasteiger partial charge in [0.25, 0.3) is 0 Å². The summed E-state index contributed by atoms with van der Waals surface area (Å²) in [6.45, 7) is 0. The zero-order chi connectivity index (χ0) is 12.5. The lowest BCUT2D eigenvalue weighted by Crippen LogP contribution is -2.45. The number of aliphatic hydroxyl groups is 1. The van der Waals surface area contributed by atoms with Crippen molar-refractivity contribution in [2.24, 2.45) is 5.92 Å². The Labute approximate surface area is 102 Å². The zero-order valence-electron chi connectivity index (χ0n) is 9.76. The molecule has 17 heavy (non-hydrogen) atoms. The molecule has 2 fully saturated rings. The van der Waals surface area contributed by atoms with Crippen LogP contribution in [0.3, 0.4) is 0 Å². The van der Waals surface area contributed by atoms with Gasteiger partial charge in [0.15, 0.2) is 9.84 Å². The Balaban J connectivity index is 1.90. The second-order valence-electron chi connectivity index (χ2n) is 5.09. The SMILES string of the molecule is O=C(N[C@H]1CS(=O)(=O)C[C@H]1O)C1CCCCC1. The molecule has 0 radical (unpaired) electrons. The fraction of sp³-hybridized carbons (Fsp3) is 0.909. The first-order valence-corrected chi connectivity index (χ1v) is 7.99. The Morgan fingerprint density at radius 1 is 1.12 bits per heavy atom. The lowest BCUT2D eigenvalue weighted by atomic mass is 9.88. The van der Waals surface area contributed by atoms with Gasteiger partial charge < -0.3 is 10.4 Å². The maximum absolute atomic E-state index is 11.9. The summed E-state index contributed by atoms with van der Waals surface area (Å²) in [5.41, 5.74) is 0. The van der Waals surface area contributed by atoms with Gasteiger partial charge in [0.05, 0.1) is 23.7 Å². The molecular weight excluding hydrogens is 242 g/mol. The average molecular weight is 261 g/mol. The highest BCUT2D eigenvalue weighted by molar-refractivity contribution is 7.91. The van der Waals surface area contributed by atoms with Crippen LogP contribution >= 0.6 is 0 Å². The normalized spacial score (nSPS) is 33.5. The van der Waals surface area contributed by atoms with Crippen LogP contribution in [0.15, 0.2) is 0 Å². The first kappa shape index (κ1) is 12.8. The lowest BCUT2D eigenvalue weighted by Gasteiger charge is -2.23. The average Bonchev–Trinajstić information content (AvgIpc) is 2.53. The van der Waals surface area contributed by atoms with Gasteiger partial charge in [-0.15, -0.1) is 0 Å². The van der Waals surface area contributed by atoms with Crippen molar-refractivity contribution in [3.8, 4) is 0 Å². The van der Waals surface area contributed by atoms with Crippen LogP contribution in [0.25, 0.3) is 0 Å². The molecule has 0 aromatic rings. The number of amides is 1. The van der Waals surface area contributed by atoms with Crippen molar-refractivity contribution in [3.63, 3.8) is 0 Å². The molecule has 2 atom stereocenters. The molecule has 98 valence electrons. The van der Waals surface area contributed by atoms with Crippen molar-refractivity contribution in [2.45, 2.75) is 44.2 Å². The summed E-state index contributed by atoms with van der Waals surface area (Å²) in [4.78, 5) is 11.9. The first-order valence-electron chi connectivity index (χ1n) is 6.17. The Bertz CT molecular complexity index is 386. The molecule has 1 saturated heterocycles. The highest BCUT2D eigenvalue weighted by atomic mass is 32.2. The van der Waals surface area contributed by atoms with E-state index < -0.39 is 22.0 Å². The summed E-state index contributed by atoms with van der Waals surface area (Å²) in [7, 11) is -3.19. The van der Waals surface area contributed by atoms with E-state index in [-0.39, 0.29) is 23.3 Å². The lowest BCUT2D eigenvalue weighted by molar-refractivity contribution is -0.127. The maximum atomic E-state index is 11.9. The van der Waals surface area contributed by atoms with Crippen LogP contribution in [0.2, 0.25) is 0 Å². The number of hydrogen-bond donors (Lipinski definition) is 2. The molecule has 1 amide bonds. The van der Waals surface area contributed by atoms with Gasteiger partial charge in [0.2, 0.25) is 5.91 Å². The summed E-state index contributed by atoms with van der Waals surface area (Å²) in [6.07, 6.45) is 4.09. The van der Waals surface area contributed by atoms with Crippen LogP contribution < -0.4 is 5.32 Å². The summed E-state index contributed by atoms with van der Waals surface area (Å²) >= 11 is 0. The number of sulfone groups is 1. The van der Waals surface area contributed by atoms with Gasteiger partial charge in [-0.25, -0.2) is 8.42 Å². The molecule has 1 aliphatic heterocycles. The van der Waals surface area contributed by atoms with Gasteiger partial charge in [-0.3, -0.25) is 4.79 Å². The predicted molar refractivity (Wildman–Crippen MR) is 63.2 cm³/mol. The van der Waals surface area contributed by atoms with Crippen molar-refractivity contribution in [3.05, 3.63) is 0 Å². The molecule has 1 aliphatic carbocycles. The molecule has 0 unspecified atom stereocenters. The van der Waals surface area contributed by atoms with Crippen LogP contribution in [0, 0.1) is 5.92 Å². The zero-order valence-corrected chi connectivity index (χ0v) is 10.6. The Kier molecular flexibility index (Phi) is 3.73. The predicted octanol–water partition coefficient (Wildman–Crippen LogP) is -0.159. The minimum atomic E-state index is -3.19. The van der Waals surface area contributed by atoms with Crippen LogP contribution in [-0.4, -0.2) is 43.1 Å². The van der Waals surface area contributed by atoms with E-state index >= 15 is 0 Å². The van der Waals surface area contributed by atoms with Crippen LogP contribution in [-0.2, 0) is 14.6 Å². The monoisotopic (exact) mass is 261 g/mol. The summed E-state index contributed by atoms with van der Waals surface area (Å²) < 4.78 is 22.6. The summed E-state index contributed by atoms with van der Waals surface area (Å²) in [5.74, 6) is -0.458. The van der Waals surface area contributed by atoms with Gasteiger partial charge in [0, 0.05) is 5.92 Å². The van der Waals surface area contributed by atoms with E-state index in [0.29, 0.717) is 0 Å². The molecular formula is C11H19NO4S. The quantitative estimate of drug-likeness (QED) is 0.723. The summed E-state index contributed by atoms with van der Waals surface area (Å²) in [5, 5.41) is 12.3. The van der Waals surface area contributed by atoms with E-state index in [1.54, 1.807) is 0 Å². The van der Waals surface area contributed by atoms with Gasteiger partial charge >= 0.3 is 0 Å². The molecule has 0 bridgehead atoms. The largest absolute Gasteiger partial charge is 0.390 e. The van der Waals surface area contributed by atoms with Crippen molar-refractivity contribution in [1.82, 2.24) is 5.32 Å². The molecule has 5 nitrogen and oxygen atoms in total. The number of carbonyl (C=O) groups excluding carboxylic acids is 1. The van der Waals surface area contributed by atoms with Gasteiger partial charge in [0.1, 0.15) is 0 Å². The van der Waals surface area contributed by atoms with Crippen LogP contribution in [0.1, 0.15) is 32.1 Å². The molecule has 6 heteroatoms. The highest BCUT2D eigenvalue weighted by Gasteiger charge is 2.38. The number of aliphatic hydroxyl groups excluding tert-OH is 1. The van der Waals surface area contributed by atoms with E-state index in [4.69, 9.17) is 0 Å². The second-order valence-corrected chi connectivity index (χ2v) is 7.25. The Hall–Kier alpha value is -0.620. The van der Waals surface area contributed by atoms with E-state index in [1.807, 2.05) is 0 Å². The molecule has 2 aliphatic rings. The van der Waals surface area contributed by atoms with E-state index in [1.165, 1.54) is 6.42 Å². The molecule has 0 aromatic carbocycles. The van der Waals surface area contributed by atoms with Gasteiger partial charge in [-0.05, 0) is 12.8 Å². The van der Waals surface area contributed by atoms with E-state index in [0.717, 1.165) is 25.7 Å². The fourth-order valence-electron chi connectivity index (χ4n) is 2.63. The van der Waals surface area contributed by atoms with Crippen molar-refractivity contribution in [1.29, 1.82) is 0 Å².